The topological polar surface area (TPSA) is 27.7 Å². The number of rotatable bonds is 14. The van der Waals surface area contributed by atoms with Crippen LogP contribution in [-0.4, -0.2) is 41.8 Å². The Bertz CT molecular complexity index is 1110. The highest BCUT2D eigenvalue weighted by atomic mass is 28.4. The lowest BCUT2D eigenvalue weighted by atomic mass is 10.1. The van der Waals surface area contributed by atoms with Crippen molar-refractivity contribution in [2.45, 2.75) is 102 Å². The summed E-state index contributed by atoms with van der Waals surface area (Å²) < 4.78 is 20.4. The highest BCUT2D eigenvalue weighted by molar-refractivity contribution is 6.99. The monoisotopic (exact) mass is 588 g/mol. The van der Waals surface area contributed by atoms with Crippen LogP contribution in [0.1, 0.15) is 59.9 Å². The van der Waals surface area contributed by atoms with Gasteiger partial charge in [-0.2, -0.15) is 0 Å². The highest BCUT2D eigenvalue weighted by Gasteiger charge is 2.51. The van der Waals surface area contributed by atoms with E-state index in [2.05, 4.69) is 133 Å². The molecule has 1 fully saturated rings. The smallest absolute Gasteiger partial charge is 0.261 e. The largest absolute Gasteiger partial charge is 0.407 e. The number of ether oxygens (including phenoxy) is 2. The SMILES string of the molecule is CC[Si](CC)(CC)[C@@H]1C[C@H](COCc2ccccc2)O[C@@H]1CCO[Si](c1ccccc1)(c1ccccc1)C(C)(C)C. The second-order valence-corrected chi connectivity index (χ2v) is 22.8. The van der Waals surface area contributed by atoms with Crippen LogP contribution in [0.25, 0.3) is 0 Å². The Balaban J connectivity index is 1.54. The first-order valence-electron chi connectivity index (χ1n) is 15.8. The summed E-state index contributed by atoms with van der Waals surface area (Å²) in [5.74, 6) is 0. The summed E-state index contributed by atoms with van der Waals surface area (Å²) in [6.45, 7) is 16.4. The third-order valence-corrected chi connectivity index (χ3v) is 21.2. The second-order valence-electron chi connectivity index (χ2n) is 12.9. The lowest BCUT2D eigenvalue weighted by Crippen LogP contribution is -2.66. The number of benzene rings is 3. The Hall–Kier alpha value is -2.03. The van der Waals surface area contributed by atoms with Gasteiger partial charge in [0.05, 0.1) is 33.5 Å². The van der Waals surface area contributed by atoms with Gasteiger partial charge >= 0.3 is 0 Å². The Morgan fingerprint density at radius 1 is 0.756 bits per heavy atom. The van der Waals surface area contributed by atoms with E-state index < -0.39 is 16.4 Å². The molecule has 4 rings (SSSR count). The van der Waals surface area contributed by atoms with Gasteiger partial charge in [-0.05, 0) is 39.4 Å². The minimum absolute atomic E-state index is 0.0196. The van der Waals surface area contributed by atoms with Crippen LogP contribution < -0.4 is 10.4 Å². The van der Waals surface area contributed by atoms with E-state index in [0.717, 1.165) is 12.8 Å². The molecule has 0 bridgehead atoms. The fraction of sp³-hybridized carbons (Fsp3) is 0.500. The fourth-order valence-corrected chi connectivity index (χ4v) is 16.8. The maximum absolute atomic E-state index is 7.31. The molecule has 0 spiro atoms. The van der Waals surface area contributed by atoms with E-state index in [4.69, 9.17) is 13.9 Å². The van der Waals surface area contributed by atoms with Crippen LogP contribution in [0.15, 0.2) is 91.0 Å². The van der Waals surface area contributed by atoms with Gasteiger partial charge < -0.3 is 13.9 Å². The fourth-order valence-electron chi connectivity index (χ4n) is 7.36. The summed E-state index contributed by atoms with van der Waals surface area (Å²) in [4.78, 5) is 0. The van der Waals surface area contributed by atoms with E-state index >= 15 is 0 Å². The van der Waals surface area contributed by atoms with Crippen LogP contribution in [0.5, 0.6) is 0 Å². The molecule has 1 saturated heterocycles. The van der Waals surface area contributed by atoms with E-state index in [1.807, 2.05) is 0 Å². The first kappa shape index (κ1) is 31.9. The van der Waals surface area contributed by atoms with Gasteiger partial charge in [0.25, 0.3) is 8.32 Å². The maximum Gasteiger partial charge on any atom is 0.261 e. The predicted molar refractivity (Wildman–Crippen MR) is 179 cm³/mol. The molecular weight excluding hydrogens is 537 g/mol. The van der Waals surface area contributed by atoms with Crippen LogP contribution in [0.2, 0.25) is 28.7 Å². The summed E-state index contributed by atoms with van der Waals surface area (Å²) in [7, 11) is -4.04. The zero-order chi connectivity index (χ0) is 29.3. The average molecular weight is 589 g/mol. The third kappa shape index (κ3) is 7.14. The highest BCUT2D eigenvalue weighted by Crippen LogP contribution is 2.46. The zero-order valence-corrected chi connectivity index (χ0v) is 28.3. The van der Waals surface area contributed by atoms with Gasteiger partial charge in [-0.15, -0.1) is 0 Å². The van der Waals surface area contributed by atoms with Gasteiger partial charge in [0.2, 0.25) is 0 Å². The van der Waals surface area contributed by atoms with E-state index in [9.17, 15) is 0 Å². The normalized spacial score (nSPS) is 19.9. The molecule has 3 aromatic rings. The maximum atomic E-state index is 7.31. The first-order chi connectivity index (χ1) is 19.8. The van der Waals surface area contributed by atoms with Gasteiger partial charge in [-0.3, -0.25) is 0 Å². The van der Waals surface area contributed by atoms with Crippen LogP contribution >= 0.6 is 0 Å². The molecule has 3 atom stereocenters. The van der Waals surface area contributed by atoms with Crippen molar-refractivity contribution >= 4 is 26.8 Å². The molecule has 3 aromatic carbocycles. The van der Waals surface area contributed by atoms with Crippen molar-refractivity contribution in [3.8, 4) is 0 Å². The molecule has 1 aliphatic rings. The lowest BCUT2D eigenvalue weighted by Gasteiger charge is -2.43. The van der Waals surface area contributed by atoms with Gasteiger partial charge in [0.15, 0.2) is 0 Å². The summed E-state index contributed by atoms with van der Waals surface area (Å²) in [5.41, 5.74) is 1.87. The summed E-state index contributed by atoms with van der Waals surface area (Å²) >= 11 is 0. The molecular formula is C36H52O3Si2. The standard InChI is InChI=1S/C36H52O3Si2/c1-7-40(8-2,9-3)35-27-31(29-37-28-30-19-13-10-14-20-30)39-34(35)25-26-38-41(36(4,5)6,32-21-15-11-16-22-32)33-23-17-12-18-24-33/h10-24,31,34-35H,7-9,25-29H2,1-6H3/t31-,34-,35-/m1/s1. The Morgan fingerprint density at radius 2 is 1.27 bits per heavy atom. The molecule has 0 aliphatic carbocycles. The molecule has 3 nitrogen and oxygen atoms in total. The van der Waals surface area contributed by atoms with Crippen molar-refractivity contribution in [2.75, 3.05) is 13.2 Å². The van der Waals surface area contributed by atoms with Crippen LogP contribution in [0.4, 0.5) is 0 Å². The molecule has 0 unspecified atom stereocenters. The van der Waals surface area contributed by atoms with Crippen molar-refractivity contribution in [3.63, 3.8) is 0 Å². The van der Waals surface area contributed by atoms with Crippen molar-refractivity contribution in [2.24, 2.45) is 0 Å². The molecule has 0 saturated carbocycles. The molecule has 0 aromatic heterocycles. The second kappa shape index (κ2) is 14.4. The van der Waals surface area contributed by atoms with Crippen molar-refractivity contribution in [1.29, 1.82) is 0 Å². The van der Waals surface area contributed by atoms with Gasteiger partial charge in [-0.25, -0.2) is 0 Å². The molecule has 0 radical (unpaired) electrons. The Kier molecular flexibility index (Phi) is 11.2. The molecule has 0 amide bonds. The summed E-state index contributed by atoms with van der Waals surface area (Å²) in [6, 6.07) is 36.4. The van der Waals surface area contributed by atoms with Gasteiger partial charge in [-0.1, -0.05) is 151 Å². The minimum Gasteiger partial charge on any atom is -0.407 e. The zero-order valence-electron chi connectivity index (χ0n) is 26.3. The quantitative estimate of drug-likeness (QED) is 0.178. The van der Waals surface area contributed by atoms with Crippen molar-refractivity contribution in [3.05, 3.63) is 96.6 Å². The van der Waals surface area contributed by atoms with Crippen LogP contribution in [0.3, 0.4) is 0 Å². The summed E-state index contributed by atoms with van der Waals surface area (Å²) in [6.07, 6.45) is 2.47. The lowest BCUT2D eigenvalue weighted by molar-refractivity contribution is -0.0251. The number of hydrogen-bond donors (Lipinski definition) is 0. The number of hydrogen-bond acceptors (Lipinski definition) is 3. The van der Waals surface area contributed by atoms with Crippen molar-refractivity contribution in [1.82, 2.24) is 0 Å². The van der Waals surface area contributed by atoms with Crippen LogP contribution in [0, 0.1) is 0 Å². The summed E-state index contributed by atoms with van der Waals surface area (Å²) in [5, 5.41) is 2.66. The molecule has 1 aliphatic heterocycles. The molecule has 0 N–H and O–H groups in total. The van der Waals surface area contributed by atoms with E-state index in [-0.39, 0.29) is 17.2 Å². The predicted octanol–water partition coefficient (Wildman–Crippen LogP) is 8.21. The van der Waals surface area contributed by atoms with Crippen LogP contribution in [-0.2, 0) is 20.5 Å². The van der Waals surface area contributed by atoms with Gasteiger partial charge in [0.1, 0.15) is 0 Å². The third-order valence-electron chi connectivity index (χ3n) is 9.78. The molecule has 41 heavy (non-hydrogen) atoms. The molecule has 222 valence electrons. The van der Waals surface area contributed by atoms with Gasteiger partial charge in [0, 0.05) is 6.61 Å². The van der Waals surface area contributed by atoms with E-state index in [0.29, 0.717) is 25.4 Å². The average Bonchev–Trinajstić information content (AvgIpc) is 3.40. The first-order valence-corrected chi connectivity index (χ1v) is 20.4. The Morgan fingerprint density at radius 3 is 1.76 bits per heavy atom. The molecule has 5 heteroatoms. The van der Waals surface area contributed by atoms with E-state index in [1.165, 1.54) is 34.1 Å². The van der Waals surface area contributed by atoms with E-state index in [1.54, 1.807) is 0 Å². The molecule has 1 heterocycles. The van der Waals surface area contributed by atoms with Crippen molar-refractivity contribution < 1.29 is 13.9 Å². The Labute approximate surface area is 251 Å². The minimum atomic E-state index is -2.56.